The van der Waals surface area contributed by atoms with Gasteiger partial charge >= 0.3 is 6.18 Å². The highest BCUT2D eigenvalue weighted by atomic mass is 19.4. The van der Waals surface area contributed by atoms with Gasteiger partial charge in [-0.15, -0.1) is 0 Å². The van der Waals surface area contributed by atoms with E-state index in [4.69, 9.17) is 0 Å². The molecule has 0 radical (unpaired) electrons. The molecule has 5 nitrogen and oxygen atoms in total. The molecule has 0 aliphatic carbocycles. The number of para-hydroxylation sites is 1. The van der Waals surface area contributed by atoms with Crippen molar-refractivity contribution in [1.82, 2.24) is 9.80 Å². The predicted octanol–water partition coefficient (Wildman–Crippen LogP) is 4.49. The number of likely N-dealkylation sites (tertiary alicyclic amines) is 1. The largest absolute Gasteiger partial charge is 0.406 e. The molecular formula is C24H28F3N3O2. The van der Waals surface area contributed by atoms with Crippen LogP contribution in [0.5, 0.6) is 0 Å². The Hall–Kier alpha value is -2.87. The molecule has 2 aromatic rings. The summed E-state index contributed by atoms with van der Waals surface area (Å²) in [6, 6.07) is 17.7. The van der Waals surface area contributed by atoms with Crippen molar-refractivity contribution in [2.45, 2.75) is 32.0 Å². The number of hydrogen-bond acceptors (Lipinski definition) is 3. The fraction of sp³-hybridized carbons (Fsp3) is 0.417. The van der Waals surface area contributed by atoms with Crippen molar-refractivity contribution in [2.24, 2.45) is 5.92 Å². The van der Waals surface area contributed by atoms with Crippen molar-refractivity contribution >= 4 is 17.5 Å². The minimum atomic E-state index is -4.44. The van der Waals surface area contributed by atoms with E-state index in [1.807, 2.05) is 53.4 Å². The molecule has 2 aromatic carbocycles. The van der Waals surface area contributed by atoms with Gasteiger partial charge in [0.2, 0.25) is 11.8 Å². The average Bonchev–Trinajstić information content (AvgIpc) is 2.78. The van der Waals surface area contributed by atoms with Gasteiger partial charge in [0, 0.05) is 18.8 Å². The Morgan fingerprint density at radius 1 is 1.09 bits per heavy atom. The quantitative estimate of drug-likeness (QED) is 0.681. The average molecular weight is 448 g/mol. The summed E-state index contributed by atoms with van der Waals surface area (Å²) in [4.78, 5) is 28.9. The van der Waals surface area contributed by atoms with E-state index in [9.17, 15) is 22.8 Å². The fourth-order valence-corrected chi connectivity index (χ4v) is 4.16. The van der Waals surface area contributed by atoms with Gasteiger partial charge in [0.15, 0.2) is 0 Å². The zero-order valence-corrected chi connectivity index (χ0v) is 18.0. The molecule has 0 spiro atoms. The van der Waals surface area contributed by atoms with Crippen LogP contribution in [0, 0.1) is 5.92 Å². The summed E-state index contributed by atoms with van der Waals surface area (Å²) in [7, 11) is 0. The first-order chi connectivity index (χ1) is 15.3. The molecule has 1 N–H and O–H groups in total. The number of hydrogen-bond donors (Lipinski definition) is 1. The van der Waals surface area contributed by atoms with Crippen molar-refractivity contribution in [3.63, 3.8) is 0 Å². The maximum Gasteiger partial charge on any atom is 0.406 e. The third kappa shape index (κ3) is 6.32. The Morgan fingerprint density at radius 3 is 2.31 bits per heavy atom. The van der Waals surface area contributed by atoms with Gasteiger partial charge in [0.25, 0.3) is 0 Å². The third-order valence-electron chi connectivity index (χ3n) is 5.64. The van der Waals surface area contributed by atoms with Gasteiger partial charge in [0.05, 0.1) is 5.92 Å². The monoisotopic (exact) mass is 447 g/mol. The zero-order chi connectivity index (χ0) is 23.1. The molecular weight excluding hydrogens is 419 g/mol. The summed E-state index contributed by atoms with van der Waals surface area (Å²) in [5.74, 6) is -1.33. The number of carbonyl (C=O) groups excluding carboxylic acids is 2. The van der Waals surface area contributed by atoms with E-state index < -0.39 is 30.6 Å². The predicted molar refractivity (Wildman–Crippen MR) is 117 cm³/mol. The summed E-state index contributed by atoms with van der Waals surface area (Å²) in [5, 5.41) is 2.92. The van der Waals surface area contributed by atoms with Crippen LogP contribution in [0.15, 0.2) is 60.7 Å². The number of nitrogens with zero attached hydrogens (tertiary/aromatic N) is 2. The van der Waals surface area contributed by atoms with Gasteiger partial charge in [-0.25, -0.2) is 0 Å². The number of amides is 2. The number of benzene rings is 2. The van der Waals surface area contributed by atoms with E-state index in [0.29, 0.717) is 25.1 Å². The van der Waals surface area contributed by atoms with Crippen molar-refractivity contribution in [1.29, 1.82) is 0 Å². The third-order valence-corrected chi connectivity index (χ3v) is 5.64. The Labute approximate surface area is 186 Å². The highest BCUT2D eigenvalue weighted by molar-refractivity contribution is 5.95. The molecule has 2 amide bonds. The van der Waals surface area contributed by atoms with Gasteiger partial charge < -0.3 is 10.2 Å². The number of rotatable bonds is 7. The van der Waals surface area contributed by atoms with E-state index in [1.165, 1.54) is 0 Å². The van der Waals surface area contributed by atoms with Crippen molar-refractivity contribution in [3.05, 3.63) is 66.2 Å². The Bertz CT molecular complexity index is 890. The lowest BCUT2D eigenvalue weighted by atomic mass is 9.93. The van der Waals surface area contributed by atoms with Crippen LogP contribution in [-0.2, 0) is 9.59 Å². The molecule has 1 aliphatic rings. The highest BCUT2D eigenvalue weighted by Crippen LogP contribution is 2.30. The van der Waals surface area contributed by atoms with Gasteiger partial charge in [-0.1, -0.05) is 48.5 Å². The lowest BCUT2D eigenvalue weighted by Gasteiger charge is -2.38. The highest BCUT2D eigenvalue weighted by Gasteiger charge is 2.38. The van der Waals surface area contributed by atoms with Crippen LogP contribution in [0.25, 0.3) is 0 Å². The molecule has 3 rings (SSSR count). The number of halogens is 3. The maximum atomic E-state index is 13.3. The number of alkyl halides is 3. The molecule has 2 unspecified atom stereocenters. The van der Waals surface area contributed by atoms with Crippen molar-refractivity contribution in [3.8, 4) is 0 Å². The molecule has 1 aliphatic heterocycles. The van der Waals surface area contributed by atoms with E-state index >= 15 is 0 Å². The Kier molecular flexibility index (Phi) is 7.90. The van der Waals surface area contributed by atoms with E-state index in [-0.39, 0.29) is 19.0 Å². The Morgan fingerprint density at radius 2 is 1.72 bits per heavy atom. The number of nitrogens with one attached hydrogen (secondary N) is 1. The molecule has 1 fully saturated rings. The van der Waals surface area contributed by atoms with Crippen molar-refractivity contribution < 1.29 is 22.8 Å². The van der Waals surface area contributed by atoms with Gasteiger partial charge in [-0.05, 0) is 44.0 Å². The van der Waals surface area contributed by atoms with Crippen LogP contribution in [0.3, 0.4) is 0 Å². The van der Waals surface area contributed by atoms with Crippen LogP contribution in [0.4, 0.5) is 18.9 Å². The first-order valence-corrected chi connectivity index (χ1v) is 10.8. The summed E-state index contributed by atoms with van der Waals surface area (Å²) in [5.41, 5.74) is 1.43. The molecule has 32 heavy (non-hydrogen) atoms. The zero-order valence-electron chi connectivity index (χ0n) is 18.0. The first kappa shape index (κ1) is 23.8. The topological polar surface area (TPSA) is 52.7 Å². The van der Waals surface area contributed by atoms with Gasteiger partial charge in [-0.2, -0.15) is 13.2 Å². The Balaban J connectivity index is 1.80. The molecule has 1 saturated heterocycles. The van der Waals surface area contributed by atoms with Gasteiger partial charge in [-0.3, -0.25) is 14.5 Å². The van der Waals surface area contributed by atoms with E-state index in [1.54, 1.807) is 19.1 Å². The second-order valence-electron chi connectivity index (χ2n) is 7.97. The molecule has 8 heteroatoms. The summed E-state index contributed by atoms with van der Waals surface area (Å²) >= 11 is 0. The standard InChI is InChI=1S/C24H28F3N3O2/c1-2-29(17-24(25,26)27)23(32)19-12-9-15-30(16-19)21(18-10-5-3-6-11-18)22(31)28-20-13-7-4-8-14-20/h3-8,10-11,13-14,19,21H,2,9,12,15-17H2,1H3,(H,28,31). The molecule has 172 valence electrons. The SMILES string of the molecule is CCN(CC(F)(F)F)C(=O)C1CCCN(C(C(=O)Nc2ccccc2)c2ccccc2)C1. The lowest BCUT2D eigenvalue weighted by Crippen LogP contribution is -2.49. The molecule has 0 saturated carbocycles. The van der Waals surface area contributed by atoms with Gasteiger partial charge in [0.1, 0.15) is 12.6 Å². The summed E-state index contributed by atoms with van der Waals surface area (Å²) in [6.07, 6.45) is -3.31. The lowest BCUT2D eigenvalue weighted by molar-refractivity contribution is -0.164. The van der Waals surface area contributed by atoms with Crippen LogP contribution in [0.2, 0.25) is 0 Å². The minimum absolute atomic E-state index is 0.00848. The molecule has 2 atom stereocenters. The normalized spacial score (nSPS) is 18.1. The van der Waals surface area contributed by atoms with E-state index in [2.05, 4.69) is 5.32 Å². The smallest absolute Gasteiger partial charge is 0.334 e. The maximum absolute atomic E-state index is 13.3. The summed E-state index contributed by atoms with van der Waals surface area (Å²) in [6.45, 7) is 1.09. The summed E-state index contributed by atoms with van der Waals surface area (Å²) < 4.78 is 38.7. The van der Waals surface area contributed by atoms with E-state index in [0.717, 1.165) is 10.5 Å². The van der Waals surface area contributed by atoms with Crippen LogP contribution in [-0.4, -0.2) is 54.0 Å². The van der Waals surface area contributed by atoms with Crippen LogP contribution >= 0.6 is 0 Å². The number of piperidine rings is 1. The van der Waals surface area contributed by atoms with Crippen LogP contribution < -0.4 is 5.32 Å². The molecule has 1 heterocycles. The number of carbonyl (C=O) groups is 2. The molecule has 0 aromatic heterocycles. The van der Waals surface area contributed by atoms with Crippen LogP contribution in [0.1, 0.15) is 31.4 Å². The second kappa shape index (κ2) is 10.6. The molecule has 0 bridgehead atoms. The first-order valence-electron chi connectivity index (χ1n) is 10.8. The second-order valence-corrected chi connectivity index (χ2v) is 7.97. The van der Waals surface area contributed by atoms with Crippen molar-refractivity contribution in [2.75, 3.05) is 31.5 Å². The minimum Gasteiger partial charge on any atom is -0.334 e. The number of anilines is 1. The fourth-order valence-electron chi connectivity index (χ4n) is 4.16.